The Morgan fingerprint density at radius 3 is 2.94 bits per heavy atom. The lowest BCUT2D eigenvalue weighted by Crippen LogP contribution is -2.71. The Labute approximate surface area is 206 Å². The summed E-state index contributed by atoms with van der Waals surface area (Å²) >= 11 is 2.53. The predicted molar refractivity (Wildman–Crippen MR) is 127 cm³/mol. The number of carbonyl (C=O) groups is 3. The lowest BCUT2D eigenvalue weighted by atomic mass is 10.0. The molecule has 4 N–H and O–H groups in total. The van der Waals surface area contributed by atoms with Gasteiger partial charge in [-0.15, -0.1) is 23.1 Å². The SMILES string of the molecule is CO/N=C(\C(=O)N[C@@H]1C(=O)N2C(C(=O)O)=C(C[n+]3cc4ccccn4c3)CS[C@H]12)c1csc(N)n1. The zero-order valence-electron chi connectivity index (χ0n) is 18.3. The first-order chi connectivity index (χ1) is 16.9. The van der Waals surface area contributed by atoms with Gasteiger partial charge in [0.2, 0.25) is 6.33 Å². The van der Waals surface area contributed by atoms with E-state index < -0.39 is 29.2 Å². The van der Waals surface area contributed by atoms with Crippen molar-refractivity contribution < 1.29 is 28.9 Å². The third-order valence-corrected chi connectivity index (χ3v) is 7.58. The summed E-state index contributed by atoms with van der Waals surface area (Å²) < 4.78 is 3.81. The van der Waals surface area contributed by atoms with E-state index >= 15 is 0 Å². The highest BCUT2D eigenvalue weighted by Gasteiger charge is 2.54. The Kier molecular flexibility index (Phi) is 5.90. The minimum atomic E-state index is -1.19. The van der Waals surface area contributed by atoms with E-state index in [1.54, 1.807) is 5.38 Å². The molecule has 5 heterocycles. The van der Waals surface area contributed by atoms with Gasteiger partial charge in [0.05, 0.1) is 6.20 Å². The molecule has 0 saturated carbocycles. The van der Waals surface area contributed by atoms with Crippen LogP contribution in [0.15, 0.2) is 58.7 Å². The van der Waals surface area contributed by atoms with E-state index in [0.29, 0.717) is 17.9 Å². The molecule has 12 nitrogen and oxygen atoms in total. The number of nitrogens with one attached hydrogen (secondary N) is 1. The number of carbonyl (C=O) groups excluding carboxylic acids is 2. The fourth-order valence-electron chi connectivity index (χ4n) is 4.06. The number of anilines is 1. The van der Waals surface area contributed by atoms with Crippen LogP contribution in [-0.2, 0) is 25.8 Å². The van der Waals surface area contributed by atoms with Gasteiger partial charge in [-0.2, -0.15) is 0 Å². The van der Waals surface area contributed by atoms with E-state index in [1.807, 2.05) is 45.9 Å². The number of carboxylic acids is 1. The van der Waals surface area contributed by atoms with Crippen LogP contribution in [0, 0.1) is 0 Å². The molecule has 2 atom stereocenters. The second kappa shape index (κ2) is 9.03. The molecular formula is C21H20N7O5S2+. The number of fused-ring (bicyclic) bond motifs is 2. The molecule has 0 bridgehead atoms. The lowest BCUT2D eigenvalue weighted by molar-refractivity contribution is -0.687. The highest BCUT2D eigenvalue weighted by Crippen LogP contribution is 2.40. The zero-order valence-corrected chi connectivity index (χ0v) is 20.0. The van der Waals surface area contributed by atoms with Crippen LogP contribution in [0.1, 0.15) is 5.69 Å². The molecule has 2 amide bonds. The number of rotatable bonds is 7. The summed E-state index contributed by atoms with van der Waals surface area (Å²) in [5.41, 5.74) is 7.26. The first-order valence-corrected chi connectivity index (χ1v) is 12.3. The Bertz CT molecular complexity index is 1380. The molecule has 2 aliphatic rings. The molecule has 0 unspecified atom stereocenters. The monoisotopic (exact) mass is 514 g/mol. The van der Waals surface area contributed by atoms with Crippen molar-refractivity contribution in [3.63, 3.8) is 0 Å². The number of imidazole rings is 1. The fraction of sp³-hybridized carbons (Fsp3) is 0.238. The Hall–Kier alpha value is -3.91. The van der Waals surface area contributed by atoms with Crippen LogP contribution >= 0.6 is 23.1 Å². The van der Waals surface area contributed by atoms with Crippen LogP contribution in [0.25, 0.3) is 5.52 Å². The number of oxime groups is 1. The van der Waals surface area contributed by atoms with Crippen LogP contribution in [0.2, 0.25) is 0 Å². The maximum atomic E-state index is 13.0. The molecule has 3 aromatic rings. The molecule has 0 spiro atoms. The van der Waals surface area contributed by atoms with Gasteiger partial charge in [-0.05, 0) is 12.1 Å². The van der Waals surface area contributed by atoms with Gasteiger partial charge in [0.25, 0.3) is 11.8 Å². The molecule has 0 aliphatic carbocycles. The maximum Gasteiger partial charge on any atom is 0.352 e. The number of β-lactam (4-membered cyclic amide) rings is 1. The molecule has 1 fully saturated rings. The van der Waals surface area contributed by atoms with Gasteiger partial charge in [0.1, 0.15) is 42.7 Å². The molecular weight excluding hydrogens is 494 g/mol. The average Bonchev–Trinajstić information content (AvgIpc) is 3.45. The second-order valence-electron chi connectivity index (χ2n) is 7.76. The largest absolute Gasteiger partial charge is 0.477 e. The van der Waals surface area contributed by atoms with Gasteiger partial charge in [-0.3, -0.25) is 14.5 Å². The van der Waals surface area contributed by atoms with E-state index in [4.69, 9.17) is 10.6 Å². The molecule has 0 aromatic carbocycles. The van der Waals surface area contributed by atoms with Crippen molar-refractivity contribution in [3.05, 3.63) is 59.3 Å². The number of aliphatic carboxylic acids is 1. The minimum absolute atomic E-state index is 0.0509. The number of carboxylic acid groups (broad SMARTS) is 1. The smallest absolute Gasteiger partial charge is 0.352 e. The van der Waals surface area contributed by atoms with Gasteiger partial charge in [0.15, 0.2) is 16.4 Å². The zero-order chi connectivity index (χ0) is 24.7. The topological polar surface area (TPSA) is 156 Å². The number of nitrogen functional groups attached to an aromatic ring is 1. The summed E-state index contributed by atoms with van der Waals surface area (Å²) in [4.78, 5) is 48.0. The Morgan fingerprint density at radius 1 is 1.43 bits per heavy atom. The van der Waals surface area contributed by atoms with Gasteiger partial charge in [-0.1, -0.05) is 11.2 Å². The van der Waals surface area contributed by atoms with Crippen molar-refractivity contribution in [2.24, 2.45) is 5.16 Å². The summed E-state index contributed by atoms with van der Waals surface area (Å²) in [6.07, 6.45) is 5.67. The lowest BCUT2D eigenvalue weighted by Gasteiger charge is -2.49. The quantitative estimate of drug-likeness (QED) is 0.173. The number of pyridine rings is 1. The summed E-state index contributed by atoms with van der Waals surface area (Å²) in [6, 6.07) is 4.86. The number of hydrogen-bond donors (Lipinski definition) is 3. The summed E-state index contributed by atoms with van der Waals surface area (Å²) in [5.74, 6) is -1.97. The molecule has 180 valence electrons. The number of hydrogen-bond acceptors (Lipinski definition) is 9. The van der Waals surface area contributed by atoms with E-state index in [2.05, 4.69) is 15.5 Å². The van der Waals surface area contributed by atoms with Gasteiger partial charge in [-0.25, -0.2) is 18.7 Å². The molecule has 35 heavy (non-hydrogen) atoms. The van der Waals surface area contributed by atoms with E-state index in [1.165, 1.54) is 23.8 Å². The molecule has 3 aromatic heterocycles. The average molecular weight is 515 g/mol. The number of amides is 2. The maximum absolute atomic E-state index is 13.0. The number of nitrogens with two attached hydrogens (primary N) is 1. The van der Waals surface area contributed by atoms with Gasteiger partial charge < -0.3 is 21.0 Å². The van der Waals surface area contributed by atoms with Crippen LogP contribution < -0.4 is 15.6 Å². The molecule has 2 aliphatic heterocycles. The standard InChI is InChI=1S/C21H19N7O5S2/c1-33-25-14(13-9-35-21(22)23-13)17(29)24-15-18(30)28-16(20(31)32)11(8-34-19(15)28)6-26-7-12-4-2-3-5-27(12)10-26/h2-5,7,9-10,15,19H,6,8H2,1H3,(H3-,22,23,24,29,31,32)/p+1/b25-14-/t15-,19-/m1/s1. The van der Waals surface area contributed by atoms with Crippen LogP contribution in [0.3, 0.4) is 0 Å². The number of thioether (sulfide) groups is 1. The van der Waals surface area contributed by atoms with E-state index in [0.717, 1.165) is 16.9 Å². The Balaban J connectivity index is 1.36. The molecule has 1 saturated heterocycles. The second-order valence-corrected chi connectivity index (χ2v) is 9.76. The summed E-state index contributed by atoms with van der Waals surface area (Å²) in [7, 11) is 1.29. The molecule has 5 rings (SSSR count). The molecule has 0 radical (unpaired) electrons. The van der Waals surface area contributed by atoms with E-state index in [-0.39, 0.29) is 22.2 Å². The van der Waals surface area contributed by atoms with Crippen LogP contribution in [-0.4, -0.2) is 67.2 Å². The van der Waals surface area contributed by atoms with E-state index in [9.17, 15) is 19.5 Å². The predicted octanol–water partition coefficient (Wildman–Crippen LogP) is 0.0548. The van der Waals surface area contributed by atoms with Crippen LogP contribution in [0.5, 0.6) is 0 Å². The van der Waals surface area contributed by atoms with Crippen LogP contribution in [0.4, 0.5) is 5.13 Å². The first kappa shape index (κ1) is 22.9. The third-order valence-electron chi connectivity index (χ3n) is 5.57. The van der Waals surface area contributed by atoms with Crippen molar-refractivity contribution in [1.82, 2.24) is 19.6 Å². The van der Waals surface area contributed by atoms with Crippen molar-refractivity contribution in [3.8, 4) is 0 Å². The summed E-state index contributed by atoms with van der Waals surface area (Å²) in [5, 5.41) is 17.5. The third kappa shape index (κ3) is 4.10. The van der Waals surface area contributed by atoms with Gasteiger partial charge >= 0.3 is 5.97 Å². The molecule has 14 heteroatoms. The normalized spacial score (nSPS) is 20.0. The number of thiazole rings is 1. The van der Waals surface area contributed by atoms with Crippen molar-refractivity contribution in [2.45, 2.75) is 18.0 Å². The Morgan fingerprint density at radius 2 is 2.26 bits per heavy atom. The highest BCUT2D eigenvalue weighted by molar-refractivity contribution is 8.00. The van der Waals surface area contributed by atoms with Crippen molar-refractivity contribution in [1.29, 1.82) is 0 Å². The van der Waals surface area contributed by atoms with Crippen molar-refractivity contribution >= 4 is 57.2 Å². The fourth-order valence-corrected chi connectivity index (χ4v) is 5.94. The van der Waals surface area contributed by atoms with Gasteiger partial charge in [0, 0.05) is 16.7 Å². The minimum Gasteiger partial charge on any atom is -0.477 e. The summed E-state index contributed by atoms with van der Waals surface area (Å²) in [6.45, 7) is 0.319. The highest BCUT2D eigenvalue weighted by atomic mass is 32.2. The first-order valence-electron chi connectivity index (χ1n) is 10.4. The van der Waals surface area contributed by atoms with Crippen molar-refractivity contribution in [2.75, 3.05) is 18.6 Å². The number of aromatic nitrogens is 3. The number of nitrogens with zero attached hydrogens (tertiary/aromatic N) is 5.